The molecule has 3 heterocycles. The highest BCUT2D eigenvalue weighted by atomic mass is 16.5. The van der Waals surface area contributed by atoms with Gasteiger partial charge in [-0.05, 0) is 38.5 Å². The van der Waals surface area contributed by atoms with E-state index in [0.29, 0.717) is 13.1 Å². The summed E-state index contributed by atoms with van der Waals surface area (Å²) < 4.78 is 8.40. The zero-order chi connectivity index (χ0) is 17.3. The van der Waals surface area contributed by atoms with Crippen LogP contribution in [0.5, 0.6) is 5.75 Å². The SMILES string of the molecule is COc1cccn(CC(=O)N2CC[C@@H](n3nc(C)cc3C)C2)c1=O. The van der Waals surface area contributed by atoms with Crippen LogP contribution in [0.4, 0.5) is 0 Å². The Kier molecular flexibility index (Phi) is 4.42. The van der Waals surface area contributed by atoms with Crippen molar-refractivity contribution in [2.45, 2.75) is 32.9 Å². The Bertz CT molecular complexity index is 808. The van der Waals surface area contributed by atoms with Gasteiger partial charge in [-0.1, -0.05) is 0 Å². The van der Waals surface area contributed by atoms with Crippen LogP contribution in [0.15, 0.2) is 29.2 Å². The molecule has 1 aliphatic rings. The molecule has 1 amide bonds. The molecule has 7 nitrogen and oxygen atoms in total. The number of likely N-dealkylation sites (tertiary alicyclic amines) is 1. The number of ether oxygens (including phenoxy) is 1. The molecular formula is C17H22N4O3. The van der Waals surface area contributed by atoms with Gasteiger partial charge in [0.25, 0.3) is 5.56 Å². The highest BCUT2D eigenvalue weighted by molar-refractivity contribution is 5.76. The van der Waals surface area contributed by atoms with E-state index in [1.165, 1.54) is 11.7 Å². The Balaban J connectivity index is 1.69. The Labute approximate surface area is 140 Å². The van der Waals surface area contributed by atoms with Crippen LogP contribution in [0.3, 0.4) is 0 Å². The van der Waals surface area contributed by atoms with Crippen LogP contribution in [-0.4, -0.2) is 45.4 Å². The van der Waals surface area contributed by atoms with E-state index in [1.807, 2.05) is 24.6 Å². The van der Waals surface area contributed by atoms with E-state index >= 15 is 0 Å². The summed E-state index contributed by atoms with van der Waals surface area (Å²) in [6.07, 6.45) is 2.48. The molecule has 1 aliphatic heterocycles. The van der Waals surface area contributed by atoms with Crippen LogP contribution in [0.25, 0.3) is 0 Å². The fraction of sp³-hybridized carbons (Fsp3) is 0.471. The second-order valence-electron chi connectivity index (χ2n) is 6.16. The third kappa shape index (κ3) is 3.06. The normalized spacial score (nSPS) is 17.3. The smallest absolute Gasteiger partial charge is 0.293 e. The van der Waals surface area contributed by atoms with Crippen molar-refractivity contribution >= 4 is 5.91 Å². The second-order valence-corrected chi connectivity index (χ2v) is 6.16. The van der Waals surface area contributed by atoms with E-state index in [1.54, 1.807) is 23.2 Å². The van der Waals surface area contributed by atoms with Crippen molar-refractivity contribution in [1.29, 1.82) is 0 Å². The molecule has 0 unspecified atom stereocenters. The maximum absolute atomic E-state index is 12.5. The molecule has 1 atom stereocenters. The number of hydrogen-bond donors (Lipinski definition) is 0. The summed E-state index contributed by atoms with van der Waals surface area (Å²) in [5, 5.41) is 4.51. The van der Waals surface area contributed by atoms with E-state index in [9.17, 15) is 9.59 Å². The van der Waals surface area contributed by atoms with E-state index in [0.717, 1.165) is 17.8 Å². The fourth-order valence-electron chi connectivity index (χ4n) is 3.22. The van der Waals surface area contributed by atoms with Crippen LogP contribution >= 0.6 is 0 Å². The van der Waals surface area contributed by atoms with Gasteiger partial charge in [-0.2, -0.15) is 5.10 Å². The van der Waals surface area contributed by atoms with Crippen molar-refractivity contribution in [3.05, 3.63) is 46.1 Å². The molecule has 2 aromatic heterocycles. The van der Waals surface area contributed by atoms with Crippen molar-refractivity contribution in [3.8, 4) is 5.75 Å². The third-order valence-corrected chi connectivity index (χ3v) is 4.42. The molecule has 1 fully saturated rings. The summed E-state index contributed by atoms with van der Waals surface area (Å²) in [4.78, 5) is 26.5. The standard InChI is InChI=1S/C17H22N4O3/c1-12-9-13(2)21(18-12)14-6-8-19(10-14)16(22)11-20-7-4-5-15(24-3)17(20)23/h4-5,7,9,14H,6,8,10-11H2,1-3H3/t14-/m1/s1. The summed E-state index contributed by atoms with van der Waals surface area (Å²) in [5.74, 6) is 0.182. The maximum Gasteiger partial charge on any atom is 0.293 e. The van der Waals surface area contributed by atoms with Crippen molar-refractivity contribution in [2.24, 2.45) is 0 Å². The first-order valence-corrected chi connectivity index (χ1v) is 8.03. The number of carbonyl (C=O) groups is 1. The molecular weight excluding hydrogens is 308 g/mol. The van der Waals surface area contributed by atoms with Gasteiger partial charge in [-0.15, -0.1) is 0 Å². The van der Waals surface area contributed by atoms with Gasteiger partial charge in [0.05, 0.1) is 18.8 Å². The maximum atomic E-state index is 12.5. The molecule has 0 bridgehead atoms. The van der Waals surface area contributed by atoms with Gasteiger partial charge >= 0.3 is 0 Å². The molecule has 0 aliphatic carbocycles. The van der Waals surface area contributed by atoms with Crippen molar-refractivity contribution < 1.29 is 9.53 Å². The average Bonchev–Trinajstić information content (AvgIpc) is 3.15. The van der Waals surface area contributed by atoms with Gasteiger partial charge in [0.1, 0.15) is 6.54 Å². The predicted octanol–water partition coefficient (Wildman–Crippen LogP) is 1.14. The number of carbonyl (C=O) groups excluding carboxylic acids is 1. The predicted molar refractivity (Wildman–Crippen MR) is 89.2 cm³/mol. The Morgan fingerprint density at radius 3 is 2.88 bits per heavy atom. The molecule has 128 valence electrons. The van der Waals surface area contributed by atoms with Crippen molar-refractivity contribution in [2.75, 3.05) is 20.2 Å². The zero-order valence-electron chi connectivity index (χ0n) is 14.2. The summed E-state index contributed by atoms with van der Waals surface area (Å²) in [5.41, 5.74) is 1.80. The lowest BCUT2D eigenvalue weighted by Gasteiger charge is -2.18. The number of amides is 1. The molecule has 1 saturated heterocycles. The molecule has 0 radical (unpaired) electrons. The first-order chi connectivity index (χ1) is 11.5. The van der Waals surface area contributed by atoms with E-state index in [2.05, 4.69) is 5.10 Å². The Hall–Kier alpha value is -2.57. The van der Waals surface area contributed by atoms with Crippen LogP contribution in [0.2, 0.25) is 0 Å². The number of hydrogen-bond acceptors (Lipinski definition) is 4. The summed E-state index contributed by atoms with van der Waals surface area (Å²) in [6, 6.07) is 5.54. The number of methoxy groups -OCH3 is 1. The van der Waals surface area contributed by atoms with Crippen LogP contribution in [-0.2, 0) is 11.3 Å². The monoisotopic (exact) mass is 330 g/mol. The van der Waals surface area contributed by atoms with E-state index < -0.39 is 0 Å². The molecule has 0 N–H and O–H groups in total. The van der Waals surface area contributed by atoms with Gasteiger partial charge in [0.2, 0.25) is 5.91 Å². The highest BCUT2D eigenvalue weighted by Gasteiger charge is 2.28. The quantitative estimate of drug-likeness (QED) is 0.843. The van der Waals surface area contributed by atoms with Gasteiger partial charge in [-0.3, -0.25) is 14.3 Å². The number of aromatic nitrogens is 3. The molecule has 0 saturated carbocycles. The number of aryl methyl sites for hydroxylation is 2. The van der Waals surface area contributed by atoms with Crippen molar-refractivity contribution in [3.63, 3.8) is 0 Å². The van der Waals surface area contributed by atoms with E-state index in [-0.39, 0.29) is 29.8 Å². The van der Waals surface area contributed by atoms with Gasteiger partial charge in [-0.25, -0.2) is 0 Å². The average molecular weight is 330 g/mol. The number of rotatable bonds is 4. The number of pyridine rings is 1. The molecule has 3 rings (SSSR count). The fourth-order valence-corrected chi connectivity index (χ4v) is 3.22. The third-order valence-electron chi connectivity index (χ3n) is 4.42. The first-order valence-electron chi connectivity index (χ1n) is 8.03. The second kappa shape index (κ2) is 6.51. The van der Waals surface area contributed by atoms with E-state index in [4.69, 9.17) is 4.74 Å². The molecule has 2 aromatic rings. The van der Waals surface area contributed by atoms with Gasteiger partial charge in [0.15, 0.2) is 5.75 Å². The lowest BCUT2D eigenvalue weighted by Crippen LogP contribution is -2.35. The summed E-state index contributed by atoms with van der Waals surface area (Å²) >= 11 is 0. The molecule has 7 heteroatoms. The molecule has 0 spiro atoms. The summed E-state index contributed by atoms with van der Waals surface area (Å²) in [7, 11) is 1.45. The number of nitrogens with zero attached hydrogens (tertiary/aromatic N) is 4. The van der Waals surface area contributed by atoms with Crippen LogP contribution < -0.4 is 10.3 Å². The summed E-state index contributed by atoms with van der Waals surface area (Å²) in [6.45, 7) is 5.33. The minimum atomic E-state index is -0.289. The molecule has 24 heavy (non-hydrogen) atoms. The zero-order valence-corrected chi connectivity index (χ0v) is 14.2. The molecule has 0 aromatic carbocycles. The van der Waals surface area contributed by atoms with Crippen molar-refractivity contribution in [1.82, 2.24) is 19.2 Å². The topological polar surface area (TPSA) is 69.4 Å². The van der Waals surface area contributed by atoms with Gasteiger partial charge < -0.3 is 14.2 Å². The Morgan fingerprint density at radius 2 is 2.21 bits per heavy atom. The van der Waals surface area contributed by atoms with Crippen LogP contribution in [0, 0.1) is 13.8 Å². The van der Waals surface area contributed by atoms with Gasteiger partial charge in [0, 0.05) is 25.0 Å². The lowest BCUT2D eigenvalue weighted by molar-refractivity contribution is -0.130. The minimum absolute atomic E-state index is 0.0276. The highest BCUT2D eigenvalue weighted by Crippen LogP contribution is 2.23. The van der Waals surface area contributed by atoms with Crippen LogP contribution in [0.1, 0.15) is 23.9 Å². The Morgan fingerprint density at radius 1 is 1.42 bits per heavy atom. The first kappa shape index (κ1) is 16.3. The lowest BCUT2D eigenvalue weighted by atomic mass is 10.2. The largest absolute Gasteiger partial charge is 0.491 e. The minimum Gasteiger partial charge on any atom is -0.491 e.